The molecule has 1 aromatic carbocycles. The smallest absolute Gasteiger partial charge is 0.348 e. The number of hydrogen-bond acceptors (Lipinski definition) is 6. The number of halogens is 2. The highest BCUT2D eigenvalue weighted by Crippen LogP contribution is 2.34. The minimum absolute atomic E-state index is 0.106. The Balaban J connectivity index is 2.29. The SMILES string of the molecule is COC(=O)c1sc(NC(=O)C=Cc2ccc(Cl)cc2Cl)c(C(=O)OC)c1C. The van der Waals surface area contributed by atoms with Gasteiger partial charge in [-0.2, -0.15) is 0 Å². The number of nitrogens with one attached hydrogen (secondary N) is 1. The normalized spacial score (nSPS) is 10.7. The standard InChI is InChI=1S/C18H15Cl2NO5S/c1-9-14(17(23)25-2)16(27-15(9)18(24)26-3)21-13(22)7-5-10-4-6-11(19)8-12(10)20/h4-8H,1-3H3,(H,21,22). The van der Waals surface area contributed by atoms with Crippen LogP contribution in [0.5, 0.6) is 0 Å². The quantitative estimate of drug-likeness (QED) is 0.557. The molecule has 1 N–H and O–H groups in total. The summed E-state index contributed by atoms with van der Waals surface area (Å²) in [4.78, 5) is 36.4. The van der Waals surface area contributed by atoms with E-state index in [0.717, 1.165) is 11.3 Å². The number of anilines is 1. The van der Waals surface area contributed by atoms with Crippen molar-refractivity contribution in [3.05, 3.63) is 55.9 Å². The maximum Gasteiger partial charge on any atom is 0.348 e. The molecule has 0 unspecified atom stereocenters. The highest BCUT2D eigenvalue weighted by molar-refractivity contribution is 7.18. The van der Waals surface area contributed by atoms with E-state index in [1.54, 1.807) is 25.1 Å². The molecular weight excluding hydrogens is 413 g/mol. The number of hydrogen-bond donors (Lipinski definition) is 1. The first-order valence-corrected chi connectivity index (χ1v) is 9.09. The molecule has 9 heteroatoms. The number of benzene rings is 1. The molecule has 0 bridgehead atoms. The van der Waals surface area contributed by atoms with E-state index < -0.39 is 17.8 Å². The number of carbonyl (C=O) groups is 3. The number of methoxy groups -OCH3 is 2. The van der Waals surface area contributed by atoms with Gasteiger partial charge in [-0.1, -0.05) is 29.3 Å². The Kier molecular flexibility index (Phi) is 7.01. The van der Waals surface area contributed by atoms with Crippen molar-refractivity contribution in [1.29, 1.82) is 0 Å². The van der Waals surface area contributed by atoms with E-state index in [9.17, 15) is 14.4 Å². The summed E-state index contributed by atoms with van der Waals surface area (Å²) in [6.07, 6.45) is 2.76. The van der Waals surface area contributed by atoms with Gasteiger partial charge in [0, 0.05) is 16.1 Å². The summed E-state index contributed by atoms with van der Waals surface area (Å²) in [7, 11) is 2.45. The van der Waals surface area contributed by atoms with E-state index >= 15 is 0 Å². The lowest BCUT2D eigenvalue weighted by molar-refractivity contribution is -0.111. The minimum Gasteiger partial charge on any atom is -0.465 e. The number of carbonyl (C=O) groups excluding carboxylic acids is 3. The van der Waals surface area contributed by atoms with E-state index in [1.807, 2.05) is 0 Å². The second-order valence-corrected chi connectivity index (χ2v) is 7.10. The molecule has 27 heavy (non-hydrogen) atoms. The summed E-state index contributed by atoms with van der Waals surface area (Å²) in [5.41, 5.74) is 1.08. The zero-order valence-corrected chi connectivity index (χ0v) is 16.9. The van der Waals surface area contributed by atoms with Crippen molar-refractivity contribution in [1.82, 2.24) is 0 Å². The van der Waals surface area contributed by atoms with Crippen LogP contribution < -0.4 is 5.32 Å². The third-order valence-electron chi connectivity index (χ3n) is 3.52. The van der Waals surface area contributed by atoms with Crippen LogP contribution in [0.15, 0.2) is 24.3 Å². The minimum atomic E-state index is -0.668. The van der Waals surface area contributed by atoms with Gasteiger partial charge in [0.15, 0.2) is 0 Å². The summed E-state index contributed by atoms with van der Waals surface area (Å²) >= 11 is 12.8. The molecule has 1 heterocycles. The van der Waals surface area contributed by atoms with Crippen LogP contribution in [0.4, 0.5) is 5.00 Å². The van der Waals surface area contributed by atoms with E-state index in [4.69, 9.17) is 32.7 Å². The molecule has 142 valence electrons. The Hall–Kier alpha value is -2.35. The molecule has 0 aliphatic carbocycles. The van der Waals surface area contributed by atoms with Gasteiger partial charge < -0.3 is 14.8 Å². The van der Waals surface area contributed by atoms with Gasteiger partial charge in [-0.15, -0.1) is 11.3 Å². The highest BCUT2D eigenvalue weighted by atomic mass is 35.5. The summed E-state index contributed by atoms with van der Waals surface area (Å²) in [6.45, 7) is 1.58. The lowest BCUT2D eigenvalue weighted by Crippen LogP contribution is -2.11. The Morgan fingerprint density at radius 1 is 1.11 bits per heavy atom. The van der Waals surface area contributed by atoms with Crippen LogP contribution in [0.3, 0.4) is 0 Å². The molecular formula is C18H15Cl2NO5S. The fourth-order valence-electron chi connectivity index (χ4n) is 2.19. The first-order valence-electron chi connectivity index (χ1n) is 7.52. The van der Waals surface area contributed by atoms with Gasteiger partial charge in [0.05, 0.1) is 19.8 Å². The molecule has 1 amide bonds. The molecule has 0 saturated carbocycles. The Morgan fingerprint density at radius 3 is 2.37 bits per heavy atom. The number of esters is 2. The fourth-order valence-corrected chi connectivity index (χ4v) is 3.78. The Bertz CT molecular complexity index is 936. The Labute approximate surface area is 169 Å². The van der Waals surface area contributed by atoms with Gasteiger partial charge >= 0.3 is 11.9 Å². The van der Waals surface area contributed by atoms with Gasteiger partial charge in [0.25, 0.3) is 0 Å². The first-order chi connectivity index (χ1) is 12.8. The molecule has 6 nitrogen and oxygen atoms in total. The average molecular weight is 428 g/mol. The van der Waals surface area contributed by atoms with Crippen molar-refractivity contribution in [2.75, 3.05) is 19.5 Å². The largest absolute Gasteiger partial charge is 0.465 e. The highest BCUT2D eigenvalue weighted by Gasteiger charge is 2.26. The van der Waals surface area contributed by atoms with Gasteiger partial charge in [-0.05, 0) is 36.3 Å². The number of thiophene rings is 1. The summed E-state index contributed by atoms with van der Waals surface area (Å²) in [5.74, 6) is -1.78. The van der Waals surface area contributed by atoms with Gasteiger partial charge in [0.1, 0.15) is 9.88 Å². The summed E-state index contributed by atoms with van der Waals surface area (Å²) in [5, 5.41) is 3.64. The maximum atomic E-state index is 12.3. The Morgan fingerprint density at radius 2 is 1.78 bits per heavy atom. The van der Waals surface area contributed by atoms with Crippen LogP contribution >= 0.6 is 34.5 Å². The zero-order valence-electron chi connectivity index (χ0n) is 14.6. The lowest BCUT2D eigenvalue weighted by atomic mass is 10.1. The molecule has 2 rings (SSSR count). The molecule has 0 radical (unpaired) electrons. The average Bonchev–Trinajstić information content (AvgIpc) is 2.95. The first kappa shape index (κ1) is 21.0. The second-order valence-electron chi connectivity index (χ2n) is 5.23. The second kappa shape index (κ2) is 9.03. The molecule has 0 fully saturated rings. The van der Waals surface area contributed by atoms with Crippen LogP contribution in [0.2, 0.25) is 10.0 Å². The van der Waals surface area contributed by atoms with Crippen molar-refractivity contribution in [2.24, 2.45) is 0 Å². The predicted molar refractivity (Wildman–Crippen MR) is 106 cm³/mol. The molecule has 2 aromatic rings. The molecule has 0 aliphatic heterocycles. The zero-order chi connectivity index (χ0) is 20.1. The van der Waals surface area contributed by atoms with Gasteiger partial charge in [-0.3, -0.25) is 4.79 Å². The topological polar surface area (TPSA) is 81.7 Å². The summed E-state index contributed by atoms with van der Waals surface area (Å²) in [6, 6.07) is 4.87. The lowest BCUT2D eigenvalue weighted by Gasteiger charge is -2.04. The van der Waals surface area contributed by atoms with E-state index in [-0.39, 0.29) is 15.4 Å². The van der Waals surface area contributed by atoms with Crippen LogP contribution in [0.25, 0.3) is 6.08 Å². The monoisotopic (exact) mass is 427 g/mol. The van der Waals surface area contributed by atoms with Gasteiger partial charge in [0.2, 0.25) is 5.91 Å². The molecule has 1 aromatic heterocycles. The summed E-state index contributed by atoms with van der Waals surface area (Å²) < 4.78 is 9.44. The predicted octanol–water partition coefficient (Wildman–Crippen LogP) is 4.59. The number of amides is 1. The van der Waals surface area contributed by atoms with Crippen molar-refractivity contribution in [3.63, 3.8) is 0 Å². The van der Waals surface area contributed by atoms with Crippen molar-refractivity contribution in [3.8, 4) is 0 Å². The molecule has 0 spiro atoms. The third-order valence-corrected chi connectivity index (χ3v) is 5.27. The molecule has 0 saturated heterocycles. The third kappa shape index (κ3) is 4.88. The van der Waals surface area contributed by atoms with Crippen LogP contribution in [0, 0.1) is 6.92 Å². The molecule has 0 aliphatic rings. The number of rotatable bonds is 5. The van der Waals surface area contributed by atoms with E-state index in [2.05, 4.69) is 5.32 Å². The van der Waals surface area contributed by atoms with Crippen molar-refractivity contribution in [2.45, 2.75) is 6.92 Å². The van der Waals surface area contributed by atoms with Crippen molar-refractivity contribution >= 4 is 63.5 Å². The maximum absolute atomic E-state index is 12.3. The van der Waals surface area contributed by atoms with E-state index in [0.29, 0.717) is 21.2 Å². The molecule has 0 atom stereocenters. The van der Waals surface area contributed by atoms with Crippen LogP contribution in [0.1, 0.15) is 31.2 Å². The van der Waals surface area contributed by atoms with Crippen molar-refractivity contribution < 1.29 is 23.9 Å². The van der Waals surface area contributed by atoms with Crippen LogP contribution in [-0.4, -0.2) is 32.1 Å². The van der Waals surface area contributed by atoms with Gasteiger partial charge in [-0.25, -0.2) is 9.59 Å². The van der Waals surface area contributed by atoms with E-state index in [1.165, 1.54) is 26.4 Å². The van der Waals surface area contributed by atoms with Crippen LogP contribution in [-0.2, 0) is 14.3 Å². The fraction of sp³-hybridized carbons (Fsp3) is 0.167. The number of ether oxygens (including phenoxy) is 2.